The Labute approximate surface area is 341 Å². The molecule has 1 saturated heterocycles. The Kier molecular flexibility index (Phi) is 37.7. The first kappa shape index (κ1) is 51.3. The second-order valence-corrected chi connectivity index (χ2v) is 16.3. The fraction of sp³-hybridized carbons (Fsp3) is 0.816. The Morgan fingerprint density at radius 3 is 1.22 bits per heavy atom. The van der Waals surface area contributed by atoms with Crippen LogP contribution in [0, 0.1) is 11.8 Å². The lowest BCUT2D eigenvalue weighted by molar-refractivity contribution is -0.132. The van der Waals surface area contributed by atoms with E-state index in [4.69, 9.17) is 15.2 Å². The van der Waals surface area contributed by atoms with E-state index < -0.39 is 6.04 Å². The molecule has 6 heteroatoms. The third-order valence-electron chi connectivity index (χ3n) is 11.0. The molecule has 6 nitrogen and oxygen atoms in total. The molecule has 320 valence electrons. The van der Waals surface area contributed by atoms with Gasteiger partial charge in [0.2, 0.25) is 5.91 Å². The smallest absolute Gasteiger partial charge is 0.241 e. The van der Waals surface area contributed by atoms with Crippen molar-refractivity contribution in [2.75, 3.05) is 46.1 Å². The molecule has 0 spiro atoms. The number of aliphatic hydroxyl groups excluding tert-OH is 1. The van der Waals surface area contributed by atoms with Gasteiger partial charge in [-0.1, -0.05) is 165 Å². The Morgan fingerprint density at radius 1 is 0.545 bits per heavy atom. The van der Waals surface area contributed by atoms with Gasteiger partial charge >= 0.3 is 0 Å². The number of nitrogens with zero attached hydrogens (tertiary/aromatic N) is 1. The highest BCUT2D eigenvalue weighted by molar-refractivity contribution is 5.82. The maximum Gasteiger partial charge on any atom is 0.241 e. The predicted molar refractivity (Wildman–Crippen MR) is 237 cm³/mol. The average molecular weight is 771 g/mol. The third-order valence-corrected chi connectivity index (χ3v) is 11.0. The Balaban J connectivity index is 2.07. The summed E-state index contributed by atoms with van der Waals surface area (Å²) >= 11 is 0. The second kappa shape index (κ2) is 40.5. The average Bonchev–Trinajstić information content (AvgIpc) is 3.61. The van der Waals surface area contributed by atoms with Crippen LogP contribution in [0.1, 0.15) is 194 Å². The Bertz CT molecular complexity index is 883. The lowest BCUT2D eigenvalue weighted by atomic mass is 9.98. The summed E-state index contributed by atoms with van der Waals surface area (Å²) in [5.41, 5.74) is 5.88. The number of unbranched alkanes of at least 4 members (excludes halogenated alkanes) is 22. The quantitative estimate of drug-likeness (QED) is 0.0479. The molecule has 3 N–H and O–H groups in total. The summed E-state index contributed by atoms with van der Waals surface area (Å²) in [5, 5.41) is 9.43. The SMILES string of the molecule is CCCCC/C=C\C/C=C\CCCCCCCCCCOC[C@@H]1CN(C(=O)[C@@H](N)CO)C[C@H]1COCCCCCCCCCC/C=C\C/C=C\CCCCC. The maximum atomic E-state index is 12.7. The molecule has 1 amide bonds. The highest BCUT2D eigenvalue weighted by atomic mass is 16.5. The topological polar surface area (TPSA) is 85.0 Å². The molecule has 0 unspecified atom stereocenters. The highest BCUT2D eigenvalue weighted by Crippen LogP contribution is 2.25. The largest absolute Gasteiger partial charge is 0.394 e. The number of rotatable bonds is 40. The van der Waals surface area contributed by atoms with Gasteiger partial charge in [0.05, 0.1) is 19.8 Å². The molecule has 0 radical (unpaired) electrons. The number of hydrogen-bond acceptors (Lipinski definition) is 5. The number of carbonyl (C=O) groups is 1. The number of likely N-dealkylation sites (tertiary alicyclic amines) is 1. The number of nitrogens with two attached hydrogens (primary N) is 1. The number of carbonyl (C=O) groups excluding carboxylic acids is 1. The molecule has 0 saturated carbocycles. The number of amides is 1. The van der Waals surface area contributed by atoms with Gasteiger partial charge in [0.15, 0.2) is 0 Å². The number of aliphatic hydroxyl groups is 1. The molecule has 0 bridgehead atoms. The summed E-state index contributed by atoms with van der Waals surface area (Å²) in [6, 6.07) is -0.843. The molecule has 1 aliphatic heterocycles. The zero-order chi connectivity index (χ0) is 39.7. The normalized spacial score (nSPS) is 17.0. The Morgan fingerprint density at radius 2 is 0.873 bits per heavy atom. The van der Waals surface area contributed by atoms with Gasteiger partial charge < -0.3 is 25.2 Å². The molecule has 0 aliphatic carbocycles. The van der Waals surface area contributed by atoms with E-state index in [0.717, 1.165) is 38.9 Å². The van der Waals surface area contributed by atoms with Crippen LogP contribution in [0.4, 0.5) is 0 Å². The van der Waals surface area contributed by atoms with Crippen molar-refractivity contribution in [2.24, 2.45) is 17.6 Å². The summed E-state index contributed by atoms with van der Waals surface area (Å²) in [7, 11) is 0. The van der Waals surface area contributed by atoms with Crippen molar-refractivity contribution in [2.45, 2.75) is 200 Å². The lowest BCUT2D eigenvalue weighted by Gasteiger charge is -2.19. The van der Waals surface area contributed by atoms with E-state index in [2.05, 4.69) is 62.5 Å². The molecule has 1 fully saturated rings. The van der Waals surface area contributed by atoms with Crippen LogP contribution in [-0.4, -0.2) is 68.1 Å². The minimum atomic E-state index is -0.843. The molecule has 0 aromatic rings. The van der Waals surface area contributed by atoms with Crippen molar-refractivity contribution < 1.29 is 19.4 Å². The second-order valence-electron chi connectivity index (χ2n) is 16.3. The molecular weight excluding hydrogens is 681 g/mol. The monoisotopic (exact) mass is 771 g/mol. The van der Waals surface area contributed by atoms with Gasteiger partial charge in [-0.15, -0.1) is 0 Å². The number of hydrogen-bond donors (Lipinski definition) is 2. The van der Waals surface area contributed by atoms with Crippen molar-refractivity contribution in [1.29, 1.82) is 0 Å². The van der Waals surface area contributed by atoms with E-state index in [1.165, 1.54) is 154 Å². The lowest BCUT2D eigenvalue weighted by Crippen LogP contribution is -2.45. The molecule has 1 aliphatic rings. The standard InChI is InChI=1S/C49H90N2O4/c1-3-5-7-9-11-13-15-17-19-21-23-25-27-29-31-33-35-37-39-54-44-46-41-51(49(53)48(50)43-52)42-47(46)45-55-40-38-36-34-32-30-28-26-24-22-20-18-16-14-12-10-8-6-4-2/h11-14,17-20,46-48,52H,3-10,15-16,21-45,50H2,1-2H3/b13-11-,14-12-,19-17-,20-18-/t46-,47-,48-/m0/s1. The van der Waals surface area contributed by atoms with Gasteiger partial charge in [-0.3, -0.25) is 4.79 Å². The van der Waals surface area contributed by atoms with Crippen LogP contribution < -0.4 is 5.73 Å². The van der Waals surface area contributed by atoms with Crippen LogP contribution in [0.5, 0.6) is 0 Å². The van der Waals surface area contributed by atoms with Crippen molar-refractivity contribution in [3.05, 3.63) is 48.6 Å². The molecule has 3 atom stereocenters. The summed E-state index contributed by atoms with van der Waals surface area (Å²) in [5.74, 6) is 0.346. The highest BCUT2D eigenvalue weighted by Gasteiger charge is 2.36. The fourth-order valence-corrected chi connectivity index (χ4v) is 7.37. The van der Waals surface area contributed by atoms with Crippen LogP contribution in [0.3, 0.4) is 0 Å². The van der Waals surface area contributed by atoms with E-state index in [-0.39, 0.29) is 24.3 Å². The van der Waals surface area contributed by atoms with Gasteiger partial charge in [0, 0.05) is 38.1 Å². The first-order valence-electron chi connectivity index (χ1n) is 23.5. The van der Waals surface area contributed by atoms with E-state index in [9.17, 15) is 9.90 Å². The summed E-state index contributed by atoms with van der Waals surface area (Å²) in [6.45, 7) is 8.34. The molecule has 0 aromatic heterocycles. The van der Waals surface area contributed by atoms with Crippen molar-refractivity contribution >= 4 is 5.91 Å². The minimum absolute atomic E-state index is 0.162. The van der Waals surface area contributed by atoms with Gasteiger partial charge in [0.25, 0.3) is 0 Å². The van der Waals surface area contributed by atoms with E-state index in [0.29, 0.717) is 26.3 Å². The van der Waals surface area contributed by atoms with Crippen LogP contribution in [0.2, 0.25) is 0 Å². The first-order valence-corrected chi connectivity index (χ1v) is 23.5. The molecular formula is C49H90N2O4. The van der Waals surface area contributed by atoms with Gasteiger partial charge in [-0.05, 0) is 77.0 Å². The van der Waals surface area contributed by atoms with Crippen LogP contribution in [-0.2, 0) is 14.3 Å². The number of ether oxygens (including phenoxy) is 2. The van der Waals surface area contributed by atoms with Gasteiger partial charge in [-0.2, -0.15) is 0 Å². The molecule has 1 heterocycles. The number of allylic oxidation sites excluding steroid dienone is 8. The van der Waals surface area contributed by atoms with E-state index in [1.807, 2.05) is 4.90 Å². The molecule has 55 heavy (non-hydrogen) atoms. The fourth-order valence-electron chi connectivity index (χ4n) is 7.37. The van der Waals surface area contributed by atoms with Crippen LogP contribution in [0.25, 0.3) is 0 Å². The Hall–Kier alpha value is -1.73. The van der Waals surface area contributed by atoms with Crippen molar-refractivity contribution in [1.82, 2.24) is 4.90 Å². The van der Waals surface area contributed by atoms with Gasteiger partial charge in [0.1, 0.15) is 6.04 Å². The first-order chi connectivity index (χ1) is 27.1. The van der Waals surface area contributed by atoms with E-state index in [1.54, 1.807) is 0 Å². The zero-order valence-corrected chi connectivity index (χ0v) is 36.3. The van der Waals surface area contributed by atoms with E-state index >= 15 is 0 Å². The minimum Gasteiger partial charge on any atom is -0.394 e. The van der Waals surface area contributed by atoms with Crippen molar-refractivity contribution in [3.63, 3.8) is 0 Å². The van der Waals surface area contributed by atoms with Crippen molar-refractivity contribution in [3.8, 4) is 0 Å². The summed E-state index contributed by atoms with van der Waals surface area (Å²) < 4.78 is 12.3. The molecule has 1 rings (SSSR count). The summed E-state index contributed by atoms with van der Waals surface area (Å²) in [4.78, 5) is 14.5. The predicted octanol–water partition coefficient (Wildman–Crippen LogP) is 12.6. The zero-order valence-electron chi connectivity index (χ0n) is 36.3. The summed E-state index contributed by atoms with van der Waals surface area (Å²) in [6.07, 6.45) is 54.2. The van der Waals surface area contributed by atoms with Crippen LogP contribution >= 0.6 is 0 Å². The maximum absolute atomic E-state index is 12.7. The third kappa shape index (κ3) is 32.0. The molecule has 0 aromatic carbocycles. The van der Waals surface area contributed by atoms with Crippen LogP contribution in [0.15, 0.2) is 48.6 Å². The van der Waals surface area contributed by atoms with Gasteiger partial charge in [-0.25, -0.2) is 0 Å².